The summed E-state index contributed by atoms with van der Waals surface area (Å²) in [5.74, 6) is 0. The van der Waals surface area contributed by atoms with Crippen LogP contribution in [0.25, 0.3) is 66.1 Å². The average molecular weight is 618 g/mol. The predicted molar refractivity (Wildman–Crippen MR) is 199 cm³/mol. The summed E-state index contributed by atoms with van der Waals surface area (Å²) >= 11 is 0. The molecular formula is C45H31NO2. The van der Waals surface area contributed by atoms with Gasteiger partial charge in [0.2, 0.25) is 0 Å². The minimum Gasteiger partial charge on any atom is -0.456 e. The Morgan fingerprint density at radius 2 is 1.15 bits per heavy atom. The lowest BCUT2D eigenvalue weighted by atomic mass is 9.81. The van der Waals surface area contributed by atoms with Crippen LogP contribution in [0.1, 0.15) is 25.0 Å². The second-order valence-electron chi connectivity index (χ2n) is 13.3. The summed E-state index contributed by atoms with van der Waals surface area (Å²) in [5.41, 5.74) is 13.9. The fourth-order valence-corrected chi connectivity index (χ4v) is 8.01. The van der Waals surface area contributed by atoms with Crippen molar-refractivity contribution in [1.82, 2.24) is 0 Å². The molecule has 0 bridgehead atoms. The van der Waals surface area contributed by atoms with Crippen molar-refractivity contribution in [2.24, 2.45) is 0 Å². The van der Waals surface area contributed by atoms with Gasteiger partial charge < -0.3 is 13.7 Å². The molecule has 9 aromatic rings. The van der Waals surface area contributed by atoms with Crippen molar-refractivity contribution in [1.29, 1.82) is 0 Å². The number of nitrogens with zero attached hydrogens (tertiary/aromatic N) is 1. The summed E-state index contributed by atoms with van der Waals surface area (Å²) < 4.78 is 13.8. The zero-order valence-electron chi connectivity index (χ0n) is 26.7. The molecule has 0 radical (unpaired) electrons. The molecule has 0 amide bonds. The third-order valence-corrected chi connectivity index (χ3v) is 10.3. The number of para-hydroxylation sites is 4. The molecule has 10 rings (SSSR count). The summed E-state index contributed by atoms with van der Waals surface area (Å²) in [4.78, 5) is 2.28. The summed E-state index contributed by atoms with van der Waals surface area (Å²) in [7, 11) is 0. The van der Waals surface area contributed by atoms with Crippen molar-refractivity contribution in [3.63, 3.8) is 0 Å². The molecule has 0 fully saturated rings. The molecule has 3 nitrogen and oxygen atoms in total. The van der Waals surface area contributed by atoms with Crippen LogP contribution in [-0.2, 0) is 5.41 Å². The topological polar surface area (TPSA) is 29.5 Å². The Labute approximate surface area is 278 Å². The fourth-order valence-electron chi connectivity index (χ4n) is 8.01. The molecule has 0 unspecified atom stereocenters. The Kier molecular flexibility index (Phi) is 5.63. The van der Waals surface area contributed by atoms with Crippen molar-refractivity contribution in [2.75, 3.05) is 4.90 Å². The molecule has 0 aliphatic heterocycles. The molecule has 228 valence electrons. The molecule has 0 atom stereocenters. The predicted octanol–water partition coefficient (Wildman–Crippen LogP) is 12.9. The van der Waals surface area contributed by atoms with E-state index in [2.05, 4.69) is 164 Å². The largest absolute Gasteiger partial charge is 0.456 e. The van der Waals surface area contributed by atoms with Crippen molar-refractivity contribution in [3.8, 4) is 22.3 Å². The van der Waals surface area contributed by atoms with Gasteiger partial charge in [0.05, 0.1) is 5.69 Å². The quantitative estimate of drug-likeness (QED) is 0.197. The van der Waals surface area contributed by atoms with E-state index < -0.39 is 0 Å². The van der Waals surface area contributed by atoms with E-state index in [0.717, 1.165) is 72.1 Å². The van der Waals surface area contributed by atoms with Gasteiger partial charge in [0.1, 0.15) is 16.7 Å². The molecule has 7 aromatic carbocycles. The van der Waals surface area contributed by atoms with Gasteiger partial charge in [0, 0.05) is 43.9 Å². The van der Waals surface area contributed by atoms with E-state index in [0.29, 0.717) is 0 Å². The molecule has 0 saturated heterocycles. The summed E-state index contributed by atoms with van der Waals surface area (Å²) in [6, 6.07) is 53.7. The highest BCUT2D eigenvalue weighted by atomic mass is 16.3. The number of hydrogen-bond acceptors (Lipinski definition) is 3. The second-order valence-corrected chi connectivity index (χ2v) is 13.3. The normalized spacial score (nSPS) is 13.4. The van der Waals surface area contributed by atoms with Crippen LogP contribution in [0.5, 0.6) is 0 Å². The highest BCUT2D eigenvalue weighted by Gasteiger charge is 2.36. The van der Waals surface area contributed by atoms with Gasteiger partial charge in [-0.05, 0) is 76.3 Å². The Hall–Kier alpha value is -6.06. The van der Waals surface area contributed by atoms with Crippen LogP contribution in [0.4, 0.5) is 17.1 Å². The second kappa shape index (κ2) is 9.97. The average Bonchev–Trinajstić information content (AvgIpc) is 3.76. The minimum absolute atomic E-state index is 0.125. The van der Waals surface area contributed by atoms with Gasteiger partial charge in [0.15, 0.2) is 5.58 Å². The molecule has 0 saturated carbocycles. The third kappa shape index (κ3) is 3.76. The standard InChI is InChI=1S/C45H31NO2/c1-45(2)36-21-11-9-18-31(36)32-25-24-28(26-37(32)45)41-42-34-19-10-12-23-39(34)47-40(42)27-35-33-20-13-22-38(43(33)48-44(35)41)46(29-14-5-3-6-15-29)30-16-7-4-8-17-30/h3-27H,1-2H3. The molecular weight excluding hydrogens is 587 g/mol. The molecule has 1 aliphatic carbocycles. The monoisotopic (exact) mass is 617 g/mol. The van der Waals surface area contributed by atoms with Crippen LogP contribution in [0, 0.1) is 0 Å². The van der Waals surface area contributed by atoms with Gasteiger partial charge in [0.25, 0.3) is 0 Å². The van der Waals surface area contributed by atoms with Crippen molar-refractivity contribution in [3.05, 3.63) is 163 Å². The van der Waals surface area contributed by atoms with Crippen molar-refractivity contribution >= 4 is 60.9 Å². The molecule has 0 spiro atoms. The summed E-state index contributed by atoms with van der Waals surface area (Å²) in [6.07, 6.45) is 0. The van der Waals surface area contributed by atoms with Crippen LogP contribution < -0.4 is 4.90 Å². The van der Waals surface area contributed by atoms with Gasteiger partial charge in [-0.15, -0.1) is 0 Å². The Balaban J connectivity index is 1.30. The van der Waals surface area contributed by atoms with Crippen LogP contribution >= 0.6 is 0 Å². The molecule has 2 aromatic heterocycles. The third-order valence-electron chi connectivity index (χ3n) is 10.3. The van der Waals surface area contributed by atoms with Gasteiger partial charge in [-0.2, -0.15) is 0 Å². The number of rotatable bonds is 4. The lowest BCUT2D eigenvalue weighted by Crippen LogP contribution is -2.14. The lowest BCUT2D eigenvalue weighted by Gasteiger charge is -2.25. The number of anilines is 3. The first-order chi connectivity index (χ1) is 23.6. The highest BCUT2D eigenvalue weighted by molar-refractivity contribution is 6.24. The van der Waals surface area contributed by atoms with Crippen LogP contribution in [-0.4, -0.2) is 0 Å². The Morgan fingerprint density at radius 3 is 1.94 bits per heavy atom. The molecule has 3 heteroatoms. The maximum Gasteiger partial charge on any atom is 0.159 e. The van der Waals surface area contributed by atoms with E-state index >= 15 is 0 Å². The van der Waals surface area contributed by atoms with E-state index in [-0.39, 0.29) is 5.41 Å². The molecule has 2 heterocycles. The number of furan rings is 2. The van der Waals surface area contributed by atoms with E-state index in [9.17, 15) is 0 Å². The Morgan fingerprint density at radius 1 is 0.479 bits per heavy atom. The lowest BCUT2D eigenvalue weighted by molar-refractivity contribution is 0.660. The van der Waals surface area contributed by atoms with Crippen molar-refractivity contribution in [2.45, 2.75) is 19.3 Å². The Bertz CT molecular complexity index is 2660. The maximum absolute atomic E-state index is 7.17. The highest BCUT2D eigenvalue weighted by Crippen LogP contribution is 2.52. The number of fused-ring (bicyclic) bond motifs is 9. The van der Waals surface area contributed by atoms with Gasteiger partial charge in [-0.1, -0.05) is 117 Å². The molecule has 0 N–H and O–H groups in total. The van der Waals surface area contributed by atoms with Crippen molar-refractivity contribution < 1.29 is 8.83 Å². The van der Waals surface area contributed by atoms with Crippen LogP contribution in [0.2, 0.25) is 0 Å². The van der Waals surface area contributed by atoms with Gasteiger partial charge in [-0.3, -0.25) is 0 Å². The van der Waals surface area contributed by atoms with E-state index in [1.54, 1.807) is 0 Å². The summed E-state index contributed by atoms with van der Waals surface area (Å²) in [6.45, 7) is 4.67. The first-order valence-electron chi connectivity index (χ1n) is 16.5. The molecule has 1 aliphatic rings. The van der Waals surface area contributed by atoms with E-state index in [4.69, 9.17) is 8.83 Å². The van der Waals surface area contributed by atoms with Crippen LogP contribution in [0.15, 0.2) is 160 Å². The SMILES string of the molecule is CC1(C)c2ccccc2-c2ccc(-c3c4oc5c(N(c6ccccc6)c6ccccc6)cccc5c4cc4oc5ccccc5c34)cc21. The first kappa shape index (κ1) is 27.1. The smallest absolute Gasteiger partial charge is 0.159 e. The zero-order chi connectivity index (χ0) is 32.0. The number of benzene rings is 7. The van der Waals surface area contributed by atoms with Crippen LogP contribution in [0.3, 0.4) is 0 Å². The van der Waals surface area contributed by atoms with E-state index in [1.807, 2.05) is 6.07 Å². The maximum atomic E-state index is 7.17. The first-order valence-corrected chi connectivity index (χ1v) is 16.5. The summed E-state index contributed by atoms with van der Waals surface area (Å²) in [5, 5.41) is 4.26. The van der Waals surface area contributed by atoms with Gasteiger partial charge in [-0.25, -0.2) is 0 Å². The van der Waals surface area contributed by atoms with Gasteiger partial charge >= 0.3 is 0 Å². The molecule has 48 heavy (non-hydrogen) atoms. The van der Waals surface area contributed by atoms with E-state index in [1.165, 1.54) is 22.3 Å². The fraction of sp³-hybridized carbons (Fsp3) is 0.0667. The number of hydrogen-bond donors (Lipinski definition) is 0. The minimum atomic E-state index is -0.125. The zero-order valence-corrected chi connectivity index (χ0v) is 26.7.